The minimum Gasteiger partial charge on any atom is -0.390 e. The number of hydrogen-bond donors (Lipinski definition) is 3. The summed E-state index contributed by atoms with van der Waals surface area (Å²) in [6, 6.07) is 8.04. The van der Waals surface area contributed by atoms with Gasteiger partial charge in [-0.25, -0.2) is 4.79 Å². The molecule has 1 aromatic carbocycles. The minimum absolute atomic E-state index is 0.196. The maximum Gasteiger partial charge on any atom is 0.319 e. The van der Waals surface area contributed by atoms with Gasteiger partial charge in [-0.05, 0) is 17.5 Å². The fraction of sp³-hybridized carbons (Fsp3) is 0.474. The second-order valence-corrected chi connectivity index (χ2v) is 6.73. The van der Waals surface area contributed by atoms with Gasteiger partial charge in [0.05, 0.1) is 31.1 Å². The van der Waals surface area contributed by atoms with Crippen molar-refractivity contribution >= 4 is 11.7 Å². The molecule has 0 bridgehead atoms. The molecule has 2 amide bonds. The fourth-order valence-corrected chi connectivity index (χ4v) is 3.19. The molecule has 0 spiro atoms. The van der Waals surface area contributed by atoms with Crippen molar-refractivity contribution in [3.8, 4) is 0 Å². The smallest absolute Gasteiger partial charge is 0.319 e. The predicted molar refractivity (Wildman–Crippen MR) is 103 cm³/mol. The highest BCUT2D eigenvalue weighted by Crippen LogP contribution is 2.18. The van der Waals surface area contributed by atoms with Crippen LogP contribution in [-0.4, -0.2) is 65.3 Å². The van der Waals surface area contributed by atoms with Gasteiger partial charge in [0.25, 0.3) is 0 Å². The number of anilines is 1. The van der Waals surface area contributed by atoms with Gasteiger partial charge in [-0.1, -0.05) is 24.3 Å². The number of nitrogens with zero attached hydrogens (tertiary/aromatic N) is 3. The SMILES string of the molecule is COCCn1cc(NC(=O)NCC(O)CN2CCc3ccccc3C2)cn1. The summed E-state index contributed by atoms with van der Waals surface area (Å²) in [6.07, 6.45) is 3.69. The van der Waals surface area contributed by atoms with Crippen LogP contribution in [0.2, 0.25) is 0 Å². The number of rotatable bonds is 8. The first-order valence-electron chi connectivity index (χ1n) is 9.17. The van der Waals surface area contributed by atoms with Crippen molar-refractivity contribution in [1.82, 2.24) is 20.0 Å². The van der Waals surface area contributed by atoms with Crippen molar-refractivity contribution in [2.24, 2.45) is 0 Å². The summed E-state index contributed by atoms with van der Waals surface area (Å²) < 4.78 is 6.69. The summed E-state index contributed by atoms with van der Waals surface area (Å²) >= 11 is 0. The molecule has 3 rings (SSSR count). The second-order valence-electron chi connectivity index (χ2n) is 6.73. The molecule has 0 saturated heterocycles. The third-order valence-electron chi connectivity index (χ3n) is 4.59. The molecule has 1 atom stereocenters. The molecule has 0 fully saturated rings. The molecule has 8 nitrogen and oxygen atoms in total. The number of fused-ring (bicyclic) bond motifs is 1. The zero-order valence-electron chi connectivity index (χ0n) is 15.6. The Hall–Kier alpha value is -2.42. The Bertz CT molecular complexity index is 748. The van der Waals surface area contributed by atoms with Crippen molar-refractivity contribution in [3.05, 3.63) is 47.8 Å². The molecule has 2 heterocycles. The molecule has 0 radical (unpaired) electrons. The number of β-amino-alcohol motifs (C(OH)–C–C–N with tert-alkyl or cyclic N) is 1. The first-order valence-corrected chi connectivity index (χ1v) is 9.17. The lowest BCUT2D eigenvalue weighted by Gasteiger charge is -2.30. The number of ether oxygens (including phenoxy) is 1. The van der Waals surface area contributed by atoms with Crippen molar-refractivity contribution in [2.45, 2.75) is 25.6 Å². The summed E-state index contributed by atoms with van der Waals surface area (Å²) in [5.41, 5.74) is 3.30. The number of aliphatic hydroxyl groups is 1. The lowest BCUT2D eigenvalue weighted by atomic mass is 10.00. The number of carbonyl (C=O) groups excluding carboxylic acids is 1. The quantitative estimate of drug-likeness (QED) is 0.644. The van der Waals surface area contributed by atoms with Gasteiger partial charge in [-0.3, -0.25) is 9.58 Å². The van der Waals surface area contributed by atoms with Crippen LogP contribution in [0.5, 0.6) is 0 Å². The first-order chi connectivity index (χ1) is 13.1. The van der Waals surface area contributed by atoms with E-state index in [0.717, 1.165) is 19.5 Å². The number of aliphatic hydroxyl groups excluding tert-OH is 1. The summed E-state index contributed by atoms with van der Waals surface area (Å²) in [5, 5.41) is 19.8. The number of hydrogen-bond acceptors (Lipinski definition) is 5. The number of aromatic nitrogens is 2. The van der Waals surface area contributed by atoms with E-state index in [1.807, 2.05) is 6.07 Å². The van der Waals surface area contributed by atoms with E-state index in [1.165, 1.54) is 11.1 Å². The molecule has 1 aromatic heterocycles. The van der Waals surface area contributed by atoms with Crippen LogP contribution in [-0.2, 0) is 24.2 Å². The average molecular weight is 373 g/mol. The molecule has 0 aliphatic carbocycles. The van der Waals surface area contributed by atoms with Crippen molar-refractivity contribution in [1.29, 1.82) is 0 Å². The van der Waals surface area contributed by atoms with Crippen LogP contribution in [0.3, 0.4) is 0 Å². The topological polar surface area (TPSA) is 91.6 Å². The number of methoxy groups -OCH3 is 1. The first kappa shape index (κ1) is 19.3. The van der Waals surface area contributed by atoms with Crippen LogP contribution >= 0.6 is 0 Å². The Morgan fingerprint density at radius 3 is 3.00 bits per heavy atom. The summed E-state index contributed by atoms with van der Waals surface area (Å²) in [5.74, 6) is 0. The van der Waals surface area contributed by atoms with Gasteiger partial charge in [-0.2, -0.15) is 5.10 Å². The van der Waals surface area contributed by atoms with Gasteiger partial charge in [0.2, 0.25) is 0 Å². The van der Waals surface area contributed by atoms with Gasteiger partial charge in [0.15, 0.2) is 0 Å². The van der Waals surface area contributed by atoms with Crippen LogP contribution in [0.25, 0.3) is 0 Å². The number of benzene rings is 1. The van der Waals surface area contributed by atoms with Crippen LogP contribution in [0.1, 0.15) is 11.1 Å². The summed E-state index contributed by atoms with van der Waals surface area (Å²) in [4.78, 5) is 14.2. The fourth-order valence-electron chi connectivity index (χ4n) is 3.19. The molecule has 0 saturated carbocycles. The van der Waals surface area contributed by atoms with Crippen molar-refractivity contribution < 1.29 is 14.6 Å². The van der Waals surface area contributed by atoms with E-state index >= 15 is 0 Å². The van der Waals surface area contributed by atoms with Crippen molar-refractivity contribution in [2.75, 3.05) is 38.7 Å². The number of urea groups is 1. The highest BCUT2D eigenvalue weighted by Gasteiger charge is 2.18. The van der Waals surface area contributed by atoms with E-state index in [9.17, 15) is 9.90 Å². The Balaban J connectivity index is 1.38. The Morgan fingerprint density at radius 1 is 1.37 bits per heavy atom. The molecule has 2 aromatic rings. The van der Waals surface area contributed by atoms with Crippen LogP contribution in [0.4, 0.5) is 10.5 Å². The maximum atomic E-state index is 12.0. The lowest BCUT2D eigenvalue weighted by molar-refractivity contribution is 0.106. The molecule has 1 aliphatic heterocycles. The summed E-state index contributed by atoms with van der Waals surface area (Å²) in [6.45, 7) is 3.66. The zero-order chi connectivity index (χ0) is 19.1. The molecule has 1 aliphatic rings. The molecule has 8 heteroatoms. The molecular weight excluding hydrogens is 346 g/mol. The standard InChI is InChI=1S/C19H27N5O3/c1-27-9-8-24-13-17(10-21-24)22-19(26)20-11-18(25)14-23-7-6-15-4-2-3-5-16(15)12-23/h2-5,10,13,18,25H,6-9,11-12,14H2,1H3,(H2,20,22,26). The third kappa shape index (κ3) is 5.78. The molecule has 3 N–H and O–H groups in total. The van der Waals surface area contributed by atoms with E-state index in [4.69, 9.17) is 4.74 Å². The number of amides is 2. The van der Waals surface area contributed by atoms with Gasteiger partial charge in [0.1, 0.15) is 0 Å². The second kappa shape index (κ2) is 9.50. The van der Waals surface area contributed by atoms with E-state index in [1.54, 1.807) is 24.2 Å². The Labute approximate surface area is 159 Å². The third-order valence-corrected chi connectivity index (χ3v) is 4.59. The highest BCUT2D eigenvalue weighted by atomic mass is 16.5. The maximum absolute atomic E-state index is 12.0. The van der Waals surface area contributed by atoms with Gasteiger partial charge in [0, 0.05) is 39.5 Å². The van der Waals surface area contributed by atoms with E-state index in [-0.39, 0.29) is 12.6 Å². The van der Waals surface area contributed by atoms with Crippen LogP contribution in [0.15, 0.2) is 36.7 Å². The lowest BCUT2D eigenvalue weighted by Crippen LogP contribution is -2.42. The number of carbonyl (C=O) groups is 1. The van der Waals surface area contributed by atoms with Gasteiger partial charge >= 0.3 is 6.03 Å². The summed E-state index contributed by atoms with van der Waals surface area (Å²) in [7, 11) is 1.63. The Morgan fingerprint density at radius 2 is 2.19 bits per heavy atom. The number of nitrogens with one attached hydrogen (secondary N) is 2. The normalized spacial score (nSPS) is 15.2. The minimum atomic E-state index is -0.620. The van der Waals surface area contributed by atoms with Crippen LogP contribution < -0.4 is 10.6 Å². The van der Waals surface area contributed by atoms with Gasteiger partial charge in [-0.15, -0.1) is 0 Å². The van der Waals surface area contributed by atoms with Crippen LogP contribution in [0, 0.1) is 0 Å². The van der Waals surface area contributed by atoms with E-state index in [2.05, 4.69) is 38.8 Å². The Kier molecular flexibility index (Phi) is 6.80. The predicted octanol–water partition coefficient (Wildman–Crippen LogP) is 1.07. The zero-order valence-corrected chi connectivity index (χ0v) is 15.6. The highest BCUT2D eigenvalue weighted by molar-refractivity contribution is 5.88. The van der Waals surface area contributed by atoms with Gasteiger partial charge < -0.3 is 20.5 Å². The largest absolute Gasteiger partial charge is 0.390 e. The van der Waals surface area contributed by atoms with E-state index < -0.39 is 6.10 Å². The average Bonchev–Trinajstić information content (AvgIpc) is 3.12. The van der Waals surface area contributed by atoms with E-state index in [0.29, 0.717) is 25.4 Å². The monoisotopic (exact) mass is 373 g/mol. The molecule has 146 valence electrons. The van der Waals surface area contributed by atoms with Crippen molar-refractivity contribution in [3.63, 3.8) is 0 Å². The molecule has 1 unspecified atom stereocenters. The molecular formula is C19H27N5O3. The molecule has 27 heavy (non-hydrogen) atoms.